The third-order valence-electron chi connectivity index (χ3n) is 2.45. The molecule has 19 heavy (non-hydrogen) atoms. The number of thiocarbonyl (C=S) groups is 1. The monoisotopic (exact) mass is 283 g/mol. The molecule has 0 spiro atoms. The average molecular weight is 283 g/mol. The molecule has 1 rings (SSSR count). The van der Waals surface area contributed by atoms with Crippen LogP contribution in [0.3, 0.4) is 0 Å². The highest BCUT2D eigenvalue weighted by Gasteiger charge is 2.03. The first kappa shape index (κ1) is 15.5. The van der Waals surface area contributed by atoms with Crippen LogP contribution in [0.1, 0.15) is 0 Å². The zero-order chi connectivity index (χ0) is 14.3. The van der Waals surface area contributed by atoms with E-state index < -0.39 is 0 Å². The summed E-state index contributed by atoms with van der Waals surface area (Å²) in [6, 6.07) is 5.54. The fraction of sp³-hybridized carbons (Fsp3) is 0.462. The topological polar surface area (TPSA) is 45.8 Å². The van der Waals surface area contributed by atoms with Gasteiger partial charge >= 0.3 is 0 Å². The highest BCUT2D eigenvalue weighted by molar-refractivity contribution is 7.80. The zero-order valence-corrected chi connectivity index (χ0v) is 12.6. The number of anilines is 1. The summed E-state index contributed by atoms with van der Waals surface area (Å²) >= 11 is 5.22. The number of hydrogen-bond acceptors (Lipinski definition) is 4. The maximum absolute atomic E-state index is 5.22. The molecule has 0 unspecified atom stereocenters. The van der Waals surface area contributed by atoms with Gasteiger partial charge < -0.3 is 25.0 Å². The van der Waals surface area contributed by atoms with Gasteiger partial charge in [-0.25, -0.2) is 0 Å². The van der Waals surface area contributed by atoms with E-state index in [9.17, 15) is 0 Å². The fourth-order valence-corrected chi connectivity index (χ4v) is 1.67. The number of likely N-dealkylation sites (N-methyl/N-ethyl adjacent to an activating group) is 1. The van der Waals surface area contributed by atoms with Crippen LogP contribution < -0.4 is 20.1 Å². The molecule has 5 nitrogen and oxygen atoms in total. The summed E-state index contributed by atoms with van der Waals surface area (Å²) in [7, 11) is 7.27. The van der Waals surface area contributed by atoms with E-state index in [1.165, 1.54) is 0 Å². The highest BCUT2D eigenvalue weighted by atomic mass is 32.1. The van der Waals surface area contributed by atoms with E-state index in [1.54, 1.807) is 14.2 Å². The van der Waals surface area contributed by atoms with E-state index in [4.69, 9.17) is 21.7 Å². The van der Waals surface area contributed by atoms with Gasteiger partial charge in [0.25, 0.3) is 0 Å². The van der Waals surface area contributed by atoms with Crippen LogP contribution in [0.5, 0.6) is 11.5 Å². The van der Waals surface area contributed by atoms with E-state index in [2.05, 4.69) is 15.5 Å². The van der Waals surface area contributed by atoms with Gasteiger partial charge in [0.1, 0.15) is 11.5 Å². The molecule has 1 aromatic rings. The quantitative estimate of drug-likeness (QED) is 0.773. The number of benzene rings is 1. The number of nitrogens with one attached hydrogen (secondary N) is 2. The van der Waals surface area contributed by atoms with E-state index in [-0.39, 0.29) is 0 Å². The molecule has 0 aliphatic rings. The van der Waals surface area contributed by atoms with Crippen LogP contribution >= 0.6 is 12.2 Å². The summed E-state index contributed by atoms with van der Waals surface area (Å²) in [5.74, 6) is 1.44. The van der Waals surface area contributed by atoms with Crippen molar-refractivity contribution in [3.05, 3.63) is 18.2 Å². The van der Waals surface area contributed by atoms with Crippen molar-refractivity contribution in [2.45, 2.75) is 0 Å². The van der Waals surface area contributed by atoms with Crippen molar-refractivity contribution in [3.63, 3.8) is 0 Å². The fourth-order valence-electron chi connectivity index (χ4n) is 1.45. The molecule has 106 valence electrons. The van der Waals surface area contributed by atoms with Crippen LogP contribution in [0.4, 0.5) is 5.69 Å². The number of ether oxygens (including phenoxy) is 2. The SMILES string of the molecule is COc1cc(NC(=S)NCCN(C)C)cc(OC)c1. The average Bonchev–Trinajstić information content (AvgIpc) is 2.37. The molecule has 0 fully saturated rings. The Labute approximate surface area is 119 Å². The second-order valence-corrected chi connectivity index (χ2v) is 4.69. The lowest BCUT2D eigenvalue weighted by molar-refractivity contribution is 0.395. The van der Waals surface area contributed by atoms with Crippen molar-refractivity contribution < 1.29 is 9.47 Å². The van der Waals surface area contributed by atoms with E-state index >= 15 is 0 Å². The number of hydrogen-bond donors (Lipinski definition) is 2. The van der Waals surface area contributed by atoms with Gasteiger partial charge in [0.05, 0.1) is 14.2 Å². The molecule has 0 radical (unpaired) electrons. The lowest BCUT2D eigenvalue weighted by Gasteiger charge is -2.14. The lowest BCUT2D eigenvalue weighted by Crippen LogP contribution is -2.34. The predicted molar refractivity (Wildman–Crippen MR) is 82.3 cm³/mol. The molecule has 0 atom stereocenters. The van der Waals surface area contributed by atoms with E-state index in [0.29, 0.717) is 5.11 Å². The maximum Gasteiger partial charge on any atom is 0.170 e. The Morgan fingerprint density at radius 3 is 2.21 bits per heavy atom. The molecule has 2 N–H and O–H groups in total. The number of nitrogens with zero attached hydrogens (tertiary/aromatic N) is 1. The molecule has 0 saturated carbocycles. The van der Waals surface area contributed by atoms with Gasteiger partial charge in [-0.3, -0.25) is 0 Å². The zero-order valence-electron chi connectivity index (χ0n) is 11.8. The third kappa shape index (κ3) is 5.76. The van der Waals surface area contributed by atoms with Gasteiger partial charge in [0.2, 0.25) is 0 Å². The van der Waals surface area contributed by atoms with Crippen molar-refractivity contribution >= 4 is 23.0 Å². The smallest absolute Gasteiger partial charge is 0.170 e. The van der Waals surface area contributed by atoms with Crippen LogP contribution in [0.2, 0.25) is 0 Å². The first-order valence-electron chi connectivity index (χ1n) is 5.98. The minimum atomic E-state index is 0.581. The largest absolute Gasteiger partial charge is 0.497 e. The van der Waals surface area contributed by atoms with Gasteiger partial charge in [0, 0.05) is 37.0 Å². The molecule has 0 heterocycles. The summed E-state index contributed by atoms with van der Waals surface area (Å²) in [6.45, 7) is 1.71. The second-order valence-electron chi connectivity index (χ2n) is 4.29. The first-order chi connectivity index (χ1) is 9.05. The molecule has 0 aliphatic carbocycles. The standard InChI is InChI=1S/C13H21N3O2S/c1-16(2)6-5-14-13(19)15-10-7-11(17-3)9-12(8-10)18-4/h7-9H,5-6H2,1-4H3,(H2,14,15,19). The molecular weight excluding hydrogens is 262 g/mol. The molecule has 0 amide bonds. The van der Waals surface area contributed by atoms with E-state index in [0.717, 1.165) is 30.3 Å². The molecule has 0 aliphatic heterocycles. The summed E-state index contributed by atoms with van der Waals surface area (Å²) < 4.78 is 10.4. The minimum Gasteiger partial charge on any atom is -0.497 e. The number of methoxy groups -OCH3 is 2. The predicted octanol–water partition coefficient (Wildman–Crippen LogP) is 1.55. The van der Waals surface area contributed by atoms with Crippen LogP contribution in [0.15, 0.2) is 18.2 Å². The van der Waals surface area contributed by atoms with Crippen molar-refractivity contribution in [3.8, 4) is 11.5 Å². The second kappa shape index (κ2) is 7.81. The first-order valence-corrected chi connectivity index (χ1v) is 6.38. The Kier molecular flexibility index (Phi) is 6.38. The van der Waals surface area contributed by atoms with E-state index in [1.807, 2.05) is 32.3 Å². The Bertz CT molecular complexity index is 402. The van der Waals surface area contributed by atoms with Crippen molar-refractivity contribution in [2.75, 3.05) is 46.7 Å². The van der Waals surface area contributed by atoms with Crippen molar-refractivity contribution in [2.24, 2.45) is 0 Å². The van der Waals surface area contributed by atoms with Crippen molar-refractivity contribution in [1.82, 2.24) is 10.2 Å². The van der Waals surface area contributed by atoms with Crippen molar-refractivity contribution in [1.29, 1.82) is 0 Å². The minimum absolute atomic E-state index is 0.581. The molecule has 1 aromatic carbocycles. The molecule has 0 saturated heterocycles. The Hall–Kier alpha value is -1.53. The Morgan fingerprint density at radius 1 is 1.16 bits per heavy atom. The summed E-state index contributed by atoms with van der Waals surface area (Å²) in [5, 5.41) is 6.82. The summed E-state index contributed by atoms with van der Waals surface area (Å²) in [4.78, 5) is 2.09. The van der Waals surface area contributed by atoms with Crippen LogP contribution in [-0.4, -0.2) is 51.4 Å². The van der Waals surface area contributed by atoms with Gasteiger partial charge in [-0.15, -0.1) is 0 Å². The van der Waals surface area contributed by atoms with Gasteiger partial charge in [-0.2, -0.15) is 0 Å². The molecule has 0 aromatic heterocycles. The van der Waals surface area contributed by atoms with Gasteiger partial charge in [-0.1, -0.05) is 0 Å². The normalized spacial score (nSPS) is 10.2. The lowest BCUT2D eigenvalue weighted by atomic mass is 10.3. The van der Waals surface area contributed by atoms with Crippen LogP contribution in [-0.2, 0) is 0 Å². The summed E-state index contributed by atoms with van der Waals surface area (Å²) in [5.41, 5.74) is 0.832. The van der Waals surface area contributed by atoms with Gasteiger partial charge in [0.15, 0.2) is 5.11 Å². The van der Waals surface area contributed by atoms with Gasteiger partial charge in [-0.05, 0) is 26.3 Å². The highest BCUT2D eigenvalue weighted by Crippen LogP contribution is 2.25. The van der Waals surface area contributed by atoms with Crippen LogP contribution in [0, 0.1) is 0 Å². The molecule has 6 heteroatoms. The molecular formula is C13H21N3O2S. The Balaban J connectivity index is 2.58. The summed E-state index contributed by atoms with van der Waals surface area (Å²) in [6.07, 6.45) is 0. The third-order valence-corrected chi connectivity index (χ3v) is 2.70. The Morgan fingerprint density at radius 2 is 1.74 bits per heavy atom. The molecule has 0 bridgehead atoms. The maximum atomic E-state index is 5.22. The number of rotatable bonds is 6. The van der Waals surface area contributed by atoms with Crippen LogP contribution in [0.25, 0.3) is 0 Å².